The number of morpholine rings is 1. The second kappa shape index (κ2) is 10.0. The molecule has 0 N–H and O–H groups in total. The van der Waals surface area contributed by atoms with E-state index in [1.165, 1.54) is 11.8 Å². The van der Waals surface area contributed by atoms with Gasteiger partial charge in [0.05, 0.1) is 36.9 Å². The Morgan fingerprint density at radius 2 is 1.88 bits per heavy atom. The Bertz CT molecular complexity index is 1350. The van der Waals surface area contributed by atoms with Gasteiger partial charge in [-0.3, -0.25) is 14.2 Å². The maximum absolute atomic E-state index is 13.6. The van der Waals surface area contributed by atoms with Gasteiger partial charge in [-0.05, 0) is 35.9 Å². The summed E-state index contributed by atoms with van der Waals surface area (Å²) in [6.45, 7) is 2.28. The normalized spacial score (nSPS) is 14.9. The van der Waals surface area contributed by atoms with Crippen LogP contribution < -0.4 is 5.56 Å². The SMILES string of the molecule is O=C([C@@H](Sc1nc2cc(Cl)ccc2c(=O)n1Cc1ccco1)c1ccccc1)N1CCOCC1. The van der Waals surface area contributed by atoms with Crippen LogP contribution in [0, 0.1) is 0 Å². The van der Waals surface area contributed by atoms with Crippen LogP contribution in [-0.4, -0.2) is 46.7 Å². The van der Waals surface area contributed by atoms with Gasteiger partial charge in [-0.1, -0.05) is 53.7 Å². The number of halogens is 1. The van der Waals surface area contributed by atoms with Gasteiger partial charge in [-0.2, -0.15) is 0 Å². The van der Waals surface area contributed by atoms with Crippen LogP contribution in [0.4, 0.5) is 0 Å². The lowest BCUT2D eigenvalue weighted by atomic mass is 10.1. The number of ether oxygens (including phenoxy) is 1. The molecule has 0 unspecified atom stereocenters. The smallest absolute Gasteiger partial charge is 0.262 e. The zero-order valence-corrected chi connectivity index (χ0v) is 19.8. The van der Waals surface area contributed by atoms with E-state index in [4.69, 9.17) is 25.7 Å². The standard InChI is InChI=1S/C25H22ClN3O4S/c26-18-8-9-20-21(15-18)27-25(29(23(20)30)16-19-7-4-12-33-19)34-22(17-5-2-1-3-6-17)24(31)28-10-13-32-14-11-28/h1-9,12,15,22H,10-11,13-14,16H2/t22-/m0/s1. The molecule has 9 heteroatoms. The molecule has 1 atom stereocenters. The Balaban J connectivity index is 1.61. The number of amides is 1. The summed E-state index contributed by atoms with van der Waals surface area (Å²) in [4.78, 5) is 33.7. The van der Waals surface area contributed by atoms with Gasteiger partial charge < -0.3 is 14.1 Å². The molecule has 34 heavy (non-hydrogen) atoms. The molecule has 1 fully saturated rings. The topological polar surface area (TPSA) is 77.6 Å². The second-order valence-corrected chi connectivity index (χ2v) is 9.38. The predicted octanol–water partition coefficient (Wildman–Crippen LogP) is 4.38. The van der Waals surface area contributed by atoms with Crippen molar-refractivity contribution in [3.8, 4) is 0 Å². The van der Waals surface area contributed by atoms with Gasteiger partial charge in [0, 0.05) is 18.1 Å². The van der Waals surface area contributed by atoms with Crippen LogP contribution in [0.2, 0.25) is 5.02 Å². The van der Waals surface area contributed by atoms with Gasteiger partial charge in [0.25, 0.3) is 5.56 Å². The fourth-order valence-corrected chi connectivity index (χ4v) is 5.25. The van der Waals surface area contributed by atoms with E-state index < -0.39 is 5.25 Å². The minimum absolute atomic E-state index is 0.0375. The Labute approximate surface area is 205 Å². The zero-order chi connectivity index (χ0) is 23.5. The fourth-order valence-electron chi connectivity index (χ4n) is 3.91. The second-order valence-electron chi connectivity index (χ2n) is 7.87. The third-order valence-electron chi connectivity index (χ3n) is 5.65. The lowest BCUT2D eigenvalue weighted by molar-refractivity contribution is -0.134. The number of benzene rings is 2. The first-order chi connectivity index (χ1) is 16.6. The van der Waals surface area contributed by atoms with Gasteiger partial charge >= 0.3 is 0 Å². The number of furan rings is 1. The van der Waals surface area contributed by atoms with Gasteiger partial charge in [-0.25, -0.2) is 4.98 Å². The summed E-state index contributed by atoms with van der Waals surface area (Å²) in [5, 5.41) is 0.788. The number of fused-ring (bicyclic) bond motifs is 1. The van der Waals surface area contributed by atoms with E-state index in [0.717, 1.165) is 5.56 Å². The first kappa shape index (κ1) is 22.7. The Morgan fingerprint density at radius 1 is 1.09 bits per heavy atom. The summed E-state index contributed by atoms with van der Waals surface area (Å²) in [6, 6.07) is 18.1. The molecule has 1 aliphatic heterocycles. The van der Waals surface area contributed by atoms with Crippen molar-refractivity contribution < 1.29 is 13.9 Å². The van der Waals surface area contributed by atoms with Gasteiger partial charge in [0.1, 0.15) is 11.0 Å². The number of hydrogen-bond acceptors (Lipinski definition) is 6. The minimum Gasteiger partial charge on any atom is -0.467 e. The summed E-state index contributed by atoms with van der Waals surface area (Å²) < 4.78 is 12.5. The third kappa shape index (κ3) is 4.75. The van der Waals surface area contributed by atoms with Crippen LogP contribution in [0.25, 0.3) is 10.9 Å². The summed E-state index contributed by atoms with van der Waals surface area (Å²) in [5.74, 6) is 0.583. The van der Waals surface area contributed by atoms with E-state index in [-0.39, 0.29) is 18.0 Å². The van der Waals surface area contributed by atoms with Crippen molar-refractivity contribution >= 4 is 40.2 Å². The van der Waals surface area contributed by atoms with Crippen LogP contribution in [0.15, 0.2) is 81.3 Å². The van der Waals surface area contributed by atoms with Gasteiger partial charge in [-0.15, -0.1) is 0 Å². The van der Waals surface area contributed by atoms with Crippen LogP contribution in [0.5, 0.6) is 0 Å². The van der Waals surface area contributed by atoms with Crippen LogP contribution in [0.3, 0.4) is 0 Å². The summed E-state index contributed by atoms with van der Waals surface area (Å²) in [7, 11) is 0. The number of rotatable bonds is 6. The molecule has 0 aliphatic carbocycles. The van der Waals surface area contributed by atoms with Crippen LogP contribution in [-0.2, 0) is 16.1 Å². The number of carbonyl (C=O) groups excluding carboxylic acids is 1. The van der Waals surface area contributed by atoms with Crippen LogP contribution in [0.1, 0.15) is 16.6 Å². The quantitative estimate of drug-likeness (QED) is 0.292. The molecule has 0 saturated carbocycles. The molecule has 1 saturated heterocycles. The number of aromatic nitrogens is 2. The minimum atomic E-state index is -0.578. The monoisotopic (exact) mass is 495 g/mol. The molecule has 0 spiro atoms. The average molecular weight is 496 g/mol. The van der Waals surface area contributed by atoms with E-state index in [1.54, 1.807) is 46.1 Å². The largest absolute Gasteiger partial charge is 0.467 e. The maximum Gasteiger partial charge on any atom is 0.262 e. The van der Waals surface area contributed by atoms with Gasteiger partial charge in [0.15, 0.2) is 5.16 Å². The molecule has 7 nitrogen and oxygen atoms in total. The first-order valence-corrected chi connectivity index (χ1v) is 12.2. The molecule has 4 aromatic rings. The highest BCUT2D eigenvalue weighted by Crippen LogP contribution is 2.36. The lowest BCUT2D eigenvalue weighted by Gasteiger charge is -2.30. The van der Waals surface area contributed by atoms with Crippen molar-refractivity contribution in [3.63, 3.8) is 0 Å². The Morgan fingerprint density at radius 3 is 2.62 bits per heavy atom. The van der Waals surface area contributed by atoms with Crippen LogP contribution >= 0.6 is 23.4 Å². The van der Waals surface area contributed by atoms with Gasteiger partial charge in [0.2, 0.25) is 5.91 Å². The molecule has 2 aromatic heterocycles. The molecule has 5 rings (SSSR count). The Kier molecular flexibility index (Phi) is 6.71. The molecule has 0 radical (unpaired) electrons. The fraction of sp³-hybridized carbons (Fsp3) is 0.240. The predicted molar refractivity (Wildman–Crippen MR) is 131 cm³/mol. The van der Waals surface area contributed by atoms with Crippen molar-refractivity contribution in [3.05, 3.63) is 93.6 Å². The molecule has 3 heterocycles. The third-order valence-corrected chi connectivity index (χ3v) is 7.12. The maximum atomic E-state index is 13.6. The van der Waals surface area contributed by atoms with E-state index in [9.17, 15) is 9.59 Å². The molecule has 1 amide bonds. The van der Waals surface area contributed by atoms with Crippen molar-refractivity contribution in [1.29, 1.82) is 0 Å². The van der Waals surface area contributed by atoms with Crippen molar-refractivity contribution in [2.45, 2.75) is 17.0 Å². The van der Waals surface area contributed by atoms with Crippen molar-refractivity contribution in [2.75, 3.05) is 26.3 Å². The first-order valence-electron chi connectivity index (χ1n) is 10.9. The number of nitrogens with zero attached hydrogens (tertiary/aromatic N) is 3. The van der Waals surface area contributed by atoms with Crippen molar-refractivity contribution in [1.82, 2.24) is 14.5 Å². The molecular weight excluding hydrogens is 474 g/mol. The summed E-state index contributed by atoms with van der Waals surface area (Å²) in [5.41, 5.74) is 1.11. The summed E-state index contributed by atoms with van der Waals surface area (Å²) >= 11 is 7.45. The van der Waals surface area contributed by atoms with E-state index in [0.29, 0.717) is 53.1 Å². The van der Waals surface area contributed by atoms with E-state index >= 15 is 0 Å². The molecule has 174 valence electrons. The summed E-state index contributed by atoms with van der Waals surface area (Å²) in [6.07, 6.45) is 1.57. The molecule has 1 aliphatic rings. The number of carbonyl (C=O) groups is 1. The highest BCUT2D eigenvalue weighted by atomic mass is 35.5. The Hall–Kier alpha value is -3.07. The molecule has 0 bridgehead atoms. The van der Waals surface area contributed by atoms with E-state index in [2.05, 4.69) is 0 Å². The highest BCUT2D eigenvalue weighted by molar-refractivity contribution is 8.00. The van der Waals surface area contributed by atoms with Crippen molar-refractivity contribution in [2.24, 2.45) is 0 Å². The number of thioether (sulfide) groups is 1. The lowest BCUT2D eigenvalue weighted by Crippen LogP contribution is -2.42. The zero-order valence-electron chi connectivity index (χ0n) is 18.2. The van der Waals surface area contributed by atoms with E-state index in [1.807, 2.05) is 30.3 Å². The molecular formula is C25H22ClN3O4S. The average Bonchev–Trinajstić information content (AvgIpc) is 3.38. The number of hydrogen-bond donors (Lipinski definition) is 0. The molecule has 2 aromatic carbocycles. The highest BCUT2D eigenvalue weighted by Gasteiger charge is 2.30.